The first kappa shape index (κ1) is 28.0. The van der Waals surface area contributed by atoms with Crippen molar-refractivity contribution in [3.8, 4) is 0 Å². The second kappa shape index (κ2) is 9.32. The van der Waals surface area contributed by atoms with Crippen molar-refractivity contribution in [2.24, 2.45) is 34.5 Å². The molecule has 6 fully saturated rings. The van der Waals surface area contributed by atoms with Crippen molar-refractivity contribution >= 4 is 18.2 Å². The number of hydrogen-bond acceptors (Lipinski definition) is 10. The molecule has 0 aromatic rings. The lowest BCUT2D eigenvalue weighted by molar-refractivity contribution is -0.456. The van der Waals surface area contributed by atoms with E-state index in [1.165, 1.54) is 6.92 Å². The molecule has 3 heterocycles. The van der Waals surface area contributed by atoms with Crippen LogP contribution in [0, 0.1) is 34.5 Å². The summed E-state index contributed by atoms with van der Waals surface area (Å²) >= 11 is 0. The smallest absolute Gasteiger partial charge is 0.331 e. The van der Waals surface area contributed by atoms with Gasteiger partial charge in [0.1, 0.15) is 19.0 Å². The Hall–Kier alpha value is -1.85. The summed E-state index contributed by atoms with van der Waals surface area (Å²) in [6.45, 7) is 5.55. The Morgan fingerprint density at radius 1 is 1.10 bits per heavy atom. The molecular weight excluding hydrogens is 532 g/mol. The predicted molar refractivity (Wildman–Crippen MR) is 141 cm³/mol. The number of cyclic esters (lactones) is 1. The first-order chi connectivity index (χ1) is 19.5. The fourth-order valence-electron chi connectivity index (χ4n) is 10.6. The first-order valence-corrected chi connectivity index (χ1v) is 15.4. The van der Waals surface area contributed by atoms with Crippen LogP contribution >= 0.6 is 0 Å². The second-order valence-corrected chi connectivity index (χ2v) is 14.1. The van der Waals surface area contributed by atoms with E-state index in [0.717, 1.165) is 44.0 Å². The van der Waals surface area contributed by atoms with E-state index in [-0.39, 0.29) is 48.3 Å². The zero-order chi connectivity index (χ0) is 28.9. The molecule has 10 heteroatoms. The molecule has 4 saturated carbocycles. The van der Waals surface area contributed by atoms with Crippen molar-refractivity contribution in [2.75, 3.05) is 6.61 Å². The van der Waals surface area contributed by atoms with Crippen LogP contribution in [0.5, 0.6) is 0 Å². The summed E-state index contributed by atoms with van der Waals surface area (Å²) in [4.78, 5) is 37.3. The van der Waals surface area contributed by atoms with Crippen LogP contribution in [0.3, 0.4) is 0 Å². The third kappa shape index (κ3) is 3.76. The standard InChI is InChI=1S/C31H42O10/c1-16-10-25(34)31(40-17(2)33)27(38-16)39-23-12-19-4-5-22-21(29(19,15-32)13-24(23)41-31)6-8-28(3)20(7-9-30(22,28)36)18-11-26(35)37-14-18/h11,15-16,19-25,27,34,36H,4-10,12-14H2,1-3H3. The van der Waals surface area contributed by atoms with Gasteiger partial charge in [0, 0.05) is 30.3 Å². The van der Waals surface area contributed by atoms with Gasteiger partial charge >= 0.3 is 11.9 Å². The Kier molecular flexibility index (Phi) is 6.36. The quantitative estimate of drug-likeness (QED) is 0.294. The van der Waals surface area contributed by atoms with Gasteiger partial charge in [0.05, 0.1) is 23.9 Å². The number of hydrogen-bond donors (Lipinski definition) is 2. The van der Waals surface area contributed by atoms with Crippen molar-refractivity contribution < 1.29 is 48.3 Å². The van der Waals surface area contributed by atoms with E-state index < -0.39 is 46.7 Å². The number of aldehydes is 1. The lowest BCUT2D eigenvalue weighted by Gasteiger charge is -2.65. The fraction of sp³-hybridized carbons (Fsp3) is 0.839. The topological polar surface area (TPSA) is 138 Å². The molecule has 0 amide bonds. The van der Waals surface area contributed by atoms with Gasteiger partial charge in [-0.2, -0.15) is 0 Å². The Balaban J connectivity index is 1.19. The molecule has 0 aromatic heterocycles. The highest BCUT2D eigenvalue weighted by Crippen LogP contribution is 2.70. The van der Waals surface area contributed by atoms with Gasteiger partial charge in [-0.25, -0.2) is 4.79 Å². The molecule has 7 aliphatic rings. The van der Waals surface area contributed by atoms with Gasteiger partial charge in [0.2, 0.25) is 6.29 Å². The van der Waals surface area contributed by atoms with Crippen LogP contribution < -0.4 is 0 Å². The third-order valence-electron chi connectivity index (χ3n) is 12.4. The molecule has 2 saturated heterocycles. The number of aliphatic hydroxyl groups is 2. The van der Waals surface area contributed by atoms with Crippen LogP contribution in [0.2, 0.25) is 0 Å². The number of aliphatic hydroxyl groups excluding tert-OH is 1. The van der Waals surface area contributed by atoms with Gasteiger partial charge < -0.3 is 38.7 Å². The third-order valence-corrected chi connectivity index (χ3v) is 12.4. The molecule has 41 heavy (non-hydrogen) atoms. The normalized spacial score (nSPS) is 53.9. The lowest BCUT2D eigenvalue weighted by atomic mass is 9.42. The van der Waals surface area contributed by atoms with E-state index in [9.17, 15) is 24.6 Å². The number of rotatable bonds is 3. The molecule has 0 bridgehead atoms. The van der Waals surface area contributed by atoms with Crippen LogP contribution in [-0.2, 0) is 38.1 Å². The van der Waals surface area contributed by atoms with Crippen molar-refractivity contribution in [3.63, 3.8) is 0 Å². The SMILES string of the molecule is CC(=O)OC12OC3CC4(C=O)C(CCC5C4CCC4(C)C(C6=CC(=O)OC6)CCC54O)CC3OC1OC(C)CC2O. The number of ether oxygens (including phenoxy) is 5. The molecule has 7 rings (SSSR count). The number of fused-ring (bicyclic) bond motifs is 7. The fourth-order valence-corrected chi connectivity index (χ4v) is 10.6. The van der Waals surface area contributed by atoms with Gasteiger partial charge in [-0.15, -0.1) is 0 Å². The number of esters is 2. The van der Waals surface area contributed by atoms with Gasteiger partial charge in [0.15, 0.2) is 0 Å². The summed E-state index contributed by atoms with van der Waals surface area (Å²) in [5.74, 6) is -2.67. The zero-order valence-corrected chi connectivity index (χ0v) is 24.1. The molecule has 4 aliphatic carbocycles. The van der Waals surface area contributed by atoms with Crippen molar-refractivity contribution in [3.05, 3.63) is 11.6 Å². The van der Waals surface area contributed by atoms with Crippen molar-refractivity contribution in [1.82, 2.24) is 0 Å². The van der Waals surface area contributed by atoms with Gasteiger partial charge in [-0.3, -0.25) is 4.79 Å². The molecule has 13 unspecified atom stereocenters. The summed E-state index contributed by atoms with van der Waals surface area (Å²) < 4.78 is 29.8. The highest BCUT2D eigenvalue weighted by molar-refractivity contribution is 5.85. The van der Waals surface area contributed by atoms with E-state index in [1.54, 1.807) is 6.08 Å². The summed E-state index contributed by atoms with van der Waals surface area (Å²) in [5.41, 5.74) is -1.11. The monoisotopic (exact) mass is 574 g/mol. The van der Waals surface area contributed by atoms with E-state index in [4.69, 9.17) is 23.7 Å². The van der Waals surface area contributed by atoms with E-state index in [0.29, 0.717) is 25.9 Å². The zero-order valence-electron chi connectivity index (χ0n) is 24.1. The predicted octanol–water partition coefficient (Wildman–Crippen LogP) is 2.57. The maximum atomic E-state index is 13.3. The largest absolute Gasteiger partial charge is 0.458 e. The van der Waals surface area contributed by atoms with E-state index in [2.05, 4.69) is 6.92 Å². The Bertz CT molecular complexity index is 1170. The maximum Gasteiger partial charge on any atom is 0.331 e. The van der Waals surface area contributed by atoms with Crippen LogP contribution in [0.15, 0.2) is 11.6 Å². The van der Waals surface area contributed by atoms with Gasteiger partial charge in [-0.05, 0) is 87.5 Å². The molecule has 0 spiro atoms. The average molecular weight is 575 g/mol. The minimum atomic E-state index is -1.79. The van der Waals surface area contributed by atoms with E-state index >= 15 is 0 Å². The summed E-state index contributed by atoms with van der Waals surface area (Å²) in [5, 5.41) is 23.6. The van der Waals surface area contributed by atoms with Gasteiger partial charge in [0.25, 0.3) is 5.79 Å². The van der Waals surface area contributed by atoms with Crippen LogP contribution in [0.1, 0.15) is 78.6 Å². The van der Waals surface area contributed by atoms with Crippen LogP contribution in [0.4, 0.5) is 0 Å². The summed E-state index contributed by atoms with van der Waals surface area (Å²) in [6.07, 6.45) is 5.03. The highest BCUT2D eigenvalue weighted by Gasteiger charge is 2.71. The lowest BCUT2D eigenvalue weighted by Crippen LogP contribution is -2.72. The van der Waals surface area contributed by atoms with Crippen LogP contribution in [0.25, 0.3) is 0 Å². The average Bonchev–Trinajstić information content (AvgIpc) is 3.46. The molecule has 0 aromatic carbocycles. The Labute approximate surface area is 240 Å². The maximum absolute atomic E-state index is 13.3. The molecular formula is C31H42O10. The Morgan fingerprint density at radius 2 is 1.90 bits per heavy atom. The van der Waals surface area contributed by atoms with Crippen LogP contribution in [-0.4, -0.2) is 77.1 Å². The van der Waals surface area contributed by atoms with Crippen molar-refractivity contribution in [1.29, 1.82) is 0 Å². The van der Waals surface area contributed by atoms with Gasteiger partial charge in [-0.1, -0.05) is 6.92 Å². The summed E-state index contributed by atoms with van der Waals surface area (Å²) in [6, 6.07) is 0. The Morgan fingerprint density at radius 3 is 2.61 bits per heavy atom. The number of carbonyl (C=O) groups is 3. The first-order valence-electron chi connectivity index (χ1n) is 15.4. The molecule has 0 radical (unpaired) electrons. The summed E-state index contributed by atoms with van der Waals surface area (Å²) in [7, 11) is 0. The number of carbonyl (C=O) groups excluding carboxylic acids is 3. The minimum absolute atomic E-state index is 0.0366. The molecule has 10 nitrogen and oxygen atoms in total. The molecule has 3 aliphatic heterocycles. The minimum Gasteiger partial charge on any atom is -0.458 e. The molecule has 13 atom stereocenters. The van der Waals surface area contributed by atoms with E-state index in [1.807, 2.05) is 6.92 Å². The highest BCUT2D eigenvalue weighted by atomic mass is 16.8. The molecule has 226 valence electrons. The molecule has 2 N–H and O–H groups in total. The van der Waals surface area contributed by atoms with Crippen molar-refractivity contribution in [2.45, 2.75) is 121 Å². The second-order valence-electron chi connectivity index (χ2n) is 14.1.